The summed E-state index contributed by atoms with van der Waals surface area (Å²) in [6.45, 7) is 5.76. The molecule has 4 N–H and O–H groups in total. The van der Waals surface area contributed by atoms with Gasteiger partial charge in [-0.1, -0.05) is 48.5 Å². The number of carboxylic acid groups (broad SMARTS) is 1. The van der Waals surface area contributed by atoms with Crippen LogP contribution in [0.4, 0.5) is 22.0 Å². The first-order valence-corrected chi connectivity index (χ1v) is 22.9. The molecule has 8 atom stereocenters. The smallest absolute Gasteiger partial charge is 0.343 e. The van der Waals surface area contributed by atoms with E-state index in [-0.39, 0.29) is 73.6 Å². The topological polar surface area (TPSA) is 228 Å². The molecule has 0 saturated carbocycles. The van der Waals surface area contributed by atoms with E-state index in [1.165, 1.54) is 29.9 Å². The molecule has 0 aliphatic carbocycles. The molecule has 0 spiro atoms. The fourth-order valence-corrected chi connectivity index (χ4v) is 8.16. The number of amides is 2. The Morgan fingerprint density at radius 1 is 0.603 bits per heavy atom. The highest BCUT2D eigenvalue weighted by Crippen LogP contribution is 2.43. The number of hydrogen-bond donors (Lipinski definition) is 4. The fraction of sp³-hybridized carbons (Fsp3) is 0.345. The third kappa shape index (κ3) is 16.4. The standard InChI is InChI=1S/C22H16F5NO5.C16H17NO5.C16H6.CH4.H3NO5.5H2/c23-14-15(24)17(26)19(18(27)16(14)25)33-22(30)10-3-1-9(2-4-10)21-28-12(7-32-21)5-11(20(28)29)6-13-8-31-13;18-14-11(6-13-8-21-13)5-12-7-22-15(17(12)14)9-1-3-10(4-2-9)16(19)20;1-3-5-7-9-11-13-15-16-14-12-10-8-6-4-2;;2-4-1-5-6-3;;;;;/h1-4,11-13,21H,5-8H2;1-4,11-13,15H,5-8H2,(H,19,20);1-2H3;1H4;1-3H;5*1H/t11-,12-,13?,21+;11-,12-,13?,15+;;;;;;;;/m00......../s1. The highest BCUT2D eigenvalue weighted by atomic mass is 19.2. The van der Waals surface area contributed by atoms with Gasteiger partial charge in [-0.15, -0.1) is 4.99 Å². The van der Waals surface area contributed by atoms with Crippen molar-refractivity contribution in [2.45, 2.75) is 83.7 Å². The lowest BCUT2D eigenvalue weighted by Gasteiger charge is -2.23. The third-order valence-corrected chi connectivity index (χ3v) is 11.7. The van der Waals surface area contributed by atoms with Gasteiger partial charge in [0, 0.05) is 30.1 Å². The molecule has 78 heavy (non-hydrogen) atoms. The minimum Gasteiger partial charge on any atom is -0.478 e. The summed E-state index contributed by atoms with van der Waals surface area (Å²) >= 11 is 0. The Morgan fingerprint density at radius 2 is 0.974 bits per heavy atom. The predicted octanol–water partition coefficient (Wildman–Crippen LogP) is 7.29. The number of fused-ring (bicyclic) bond motifs is 2. The van der Waals surface area contributed by atoms with Gasteiger partial charge in [0.25, 0.3) is 0 Å². The van der Waals surface area contributed by atoms with Crippen molar-refractivity contribution in [3.05, 3.63) is 99.9 Å². The maximum atomic E-state index is 13.8. The second-order valence-corrected chi connectivity index (χ2v) is 16.6. The summed E-state index contributed by atoms with van der Waals surface area (Å²) in [5, 5.41) is 26.3. The van der Waals surface area contributed by atoms with E-state index in [0.717, 1.165) is 25.0 Å². The van der Waals surface area contributed by atoms with Crippen molar-refractivity contribution in [3.8, 4) is 88.6 Å². The summed E-state index contributed by atoms with van der Waals surface area (Å²) < 4.78 is 93.7. The average molecular weight is 1090 g/mol. The minimum atomic E-state index is -2.35. The average Bonchev–Trinajstić information content (AvgIpc) is 4.30. The Bertz CT molecular complexity index is 3080. The van der Waals surface area contributed by atoms with Crippen LogP contribution >= 0.6 is 0 Å². The Morgan fingerprint density at radius 3 is 1.31 bits per heavy atom. The first-order valence-electron chi connectivity index (χ1n) is 22.9. The van der Waals surface area contributed by atoms with Crippen LogP contribution in [0.1, 0.15) is 98.4 Å². The Labute approximate surface area is 451 Å². The molecule has 2 unspecified atom stereocenters. The highest BCUT2D eigenvalue weighted by molar-refractivity contribution is 5.91. The second-order valence-electron chi connectivity index (χ2n) is 16.6. The van der Waals surface area contributed by atoms with E-state index in [1.54, 1.807) is 43.0 Å². The van der Waals surface area contributed by atoms with Crippen molar-refractivity contribution < 1.29 is 103 Å². The highest BCUT2D eigenvalue weighted by Gasteiger charge is 2.51. The lowest BCUT2D eigenvalue weighted by Crippen LogP contribution is -2.32. The van der Waals surface area contributed by atoms with E-state index in [4.69, 9.17) is 34.6 Å². The molecule has 18 nitrogen and oxygen atoms in total. The van der Waals surface area contributed by atoms with Crippen molar-refractivity contribution in [2.75, 3.05) is 26.4 Å². The van der Waals surface area contributed by atoms with Crippen LogP contribution in [0, 0.1) is 124 Å². The number of epoxide rings is 2. The zero-order valence-corrected chi connectivity index (χ0v) is 40.4. The maximum Gasteiger partial charge on any atom is 0.343 e. The minimum absolute atomic E-state index is 0. The molecule has 6 aliphatic heterocycles. The fourth-order valence-electron chi connectivity index (χ4n) is 8.16. The van der Waals surface area contributed by atoms with Gasteiger partial charge in [0.2, 0.25) is 46.6 Å². The van der Waals surface area contributed by atoms with Crippen molar-refractivity contribution in [2.24, 2.45) is 11.8 Å². The Kier molecular flexibility index (Phi) is 23.2. The van der Waals surface area contributed by atoms with Crippen LogP contribution in [-0.2, 0) is 43.6 Å². The lowest BCUT2D eigenvalue weighted by molar-refractivity contribution is -0.571. The summed E-state index contributed by atoms with van der Waals surface area (Å²) in [5.74, 6) is 20.3. The van der Waals surface area contributed by atoms with Crippen LogP contribution in [-0.4, -0.2) is 99.9 Å². The first kappa shape index (κ1) is 60.6. The molecule has 0 bridgehead atoms. The van der Waals surface area contributed by atoms with E-state index in [1.807, 2.05) is 4.90 Å². The van der Waals surface area contributed by atoms with Gasteiger partial charge < -0.3 is 38.6 Å². The number of aromatic carboxylic acids is 1. The van der Waals surface area contributed by atoms with Gasteiger partial charge >= 0.3 is 11.9 Å². The Balaban J connectivity index is 0.00000118. The molecule has 2 amide bonds. The van der Waals surface area contributed by atoms with Crippen LogP contribution in [0.2, 0.25) is 0 Å². The number of hydrogen-bond acceptors (Lipinski definition) is 15. The van der Waals surface area contributed by atoms with Crippen LogP contribution in [0.25, 0.3) is 0 Å². The molecule has 416 valence electrons. The number of carbonyl (C=O) groups is 4. The SMILES string of the molecule is C.CC#CC#CC#CC#CC#CC#CC#CC.O=C(O)c1ccc([C@H]2OC[C@@H]3C[C@@H](CC4CO4)C(=O)N32)cc1.O=C(Oc1c(F)c(F)c(F)c(F)c1F)c1ccc([C@H]2OC[C@@H]3C[C@@H](CC4CO4)C(=O)N32)cc1.OONOOO.[HH].[HH].[HH].[HH].[HH]. The van der Waals surface area contributed by atoms with Gasteiger partial charge in [-0.25, -0.2) is 33.3 Å². The van der Waals surface area contributed by atoms with E-state index in [9.17, 15) is 41.1 Å². The summed E-state index contributed by atoms with van der Waals surface area (Å²) in [4.78, 5) is 58.4. The van der Waals surface area contributed by atoms with E-state index in [0.29, 0.717) is 38.2 Å². The van der Waals surface area contributed by atoms with Gasteiger partial charge in [-0.3, -0.25) is 9.59 Å². The normalized spacial score (nSPS) is 21.8. The van der Waals surface area contributed by atoms with Gasteiger partial charge in [-0.2, -0.15) is 8.78 Å². The molecular weight excluding hydrogens is 1040 g/mol. The number of nitrogens with one attached hydrogen (secondary N) is 1. The van der Waals surface area contributed by atoms with Crippen LogP contribution in [0.15, 0.2) is 48.5 Å². The molecule has 6 aliphatic rings. The largest absolute Gasteiger partial charge is 0.478 e. The Hall–Kier alpha value is -8.29. The molecule has 0 radical (unpaired) electrons. The quantitative estimate of drug-likeness (QED) is 0.0133. The molecular formula is C55H56F5N3O15. The van der Waals surface area contributed by atoms with E-state index < -0.39 is 59.2 Å². The molecule has 0 aromatic heterocycles. The molecule has 6 saturated heterocycles. The van der Waals surface area contributed by atoms with Crippen LogP contribution in [0.3, 0.4) is 0 Å². The molecule has 23 heteroatoms. The van der Waals surface area contributed by atoms with Gasteiger partial charge in [0.15, 0.2) is 12.5 Å². The number of halogens is 5. The number of carboxylic acids is 1. The number of rotatable bonds is 12. The number of benzene rings is 3. The molecule has 9 rings (SSSR count). The van der Waals surface area contributed by atoms with Gasteiger partial charge in [-0.05, 0) is 146 Å². The third-order valence-electron chi connectivity index (χ3n) is 11.7. The molecule has 3 aromatic carbocycles. The number of esters is 1. The zero-order valence-electron chi connectivity index (χ0n) is 40.4. The van der Waals surface area contributed by atoms with Crippen LogP contribution in [0.5, 0.6) is 5.75 Å². The van der Waals surface area contributed by atoms with Crippen molar-refractivity contribution in [1.82, 2.24) is 15.4 Å². The maximum absolute atomic E-state index is 13.8. The number of ether oxygens (including phenoxy) is 5. The summed E-state index contributed by atoms with van der Waals surface area (Å²) in [7, 11) is 0. The lowest BCUT2D eigenvalue weighted by atomic mass is 10.00. The molecule has 3 aromatic rings. The van der Waals surface area contributed by atoms with Crippen molar-refractivity contribution >= 4 is 23.8 Å². The number of nitrogens with zero attached hydrogens (tertiary/aromatic N) is 2. The van der Waals surface area contributed by atoms with E-state index in [2.05, 4.69) is 103 Å². The first-order chi connectivity index (χ1) is 37.2. The summed E-state index contributed by atoms with van der Waals surface area (Å²) in [6.07, 6.45) is 2.28. The van der Waals surface area contributed by atoms with Gasteiger partial charge in [0.1, 0.15) is 0 Å². The monoisotopic (exact) mass is 1090 g/mol. The molecule has 6 fully saturated rings. The molecule has 6 heterocycles. The zero-order chi connectivity index (χ0) is 55.4. The summed E-state index contributed by atoms with van der Waals surface area (Å²) in [6, 6.07) is 12.0. The van der Waals surface area contributed by atoms with Crippen molar-refractivity contribution in [3.63, 3.8) is 0 Å². The predicted molar refractivity (Wildman–Crippen MR) is 269 cm³/mol. The summed E-state index contributed by atoms with van der Waals surface area (Å²) in [5.41, 5.74) is 2.69. The van der Waals surface area contributed by atoms with Crippen molar-refractivity contribution in [1.29, 1.82) is 0 Å². The van der Waals surface area contributed by atoms with Gasteiger partial charge in [0.05, 0.1) is 61.8 Å². The second kappa shape index (κ2) is 29.9. The van der Waals surface area contributed by atoms with Crippen LogP contribution < -0.4 is 10.4 Å². The number of carbonyl (C=O) groups excluding carboxylic acids is 3. The van der Waals surface area contributed by atoms with E-state index >= 15 is 0 Å².